The summed E-state index contributed by atoms with van der Waals surface area (Å²) in [6.07, 6.45) is 5.45. The fourth-order valence-corrected chi connectivity index (χ4v) is 7.93. The lowest BCUT2D eigenvalue weighted by Crippen LogP contribution is -2.66. The first-order valence-electron chi connectivity index (χ1n) is 16.0. The summed E-state index contributed by atoms with van der Waals surface area (Å²) in [5.74, 6) is -1.81. The minimum absolute atomic E-state index is 0.153. The van der Waals surface area contributed by atoms with Crippen molar-refractivity contribution < 1.29 is 32.7 Å². The van der Waals surface area contributed by atoms with Crippen LogP contribution in [0.3, 0.4) is 0 Å². The second kappa shape index (κ2) is 11.1. The van der Waals surface area contributed by atoms with Gasteiger partial charge >= 0.3 is 0 Å². The van der Waals surface area contributed by atoms with Crippen LogP contribution >= 0.6 is 0 Å². The second-order valence-corrected chi connectivity index (χ2v) is 13.6. The summed E-state index contributed by atoms with van der Waals surface area (Å²) in [4.78, 5) is 54.8. The predicted octanol–water partition coefficient (Wildman–Crippen LogP) is 3.35. The summed E-state index contributed by atoms with van der Waals surface area (Å²) in [5.41, 5.74) is 1.16. The monoisotopic (exact) mass is 598 g/mol. The largest absolute Gasteiger partial charge is 0.489 e. The first-order chi connectivity index (χ1) is 20.7. The average molecular weight is 599 g/mol. The van der Waals surface area contributed by atoms with Crippen molar-refractivity contribution in [2.75, 3.05) is 26.2 Å². The number of hydrogen-bond acceptors (Lipinski definition) is 6. The quantitative estimate of drug-likeness (QED) is 0.484. The van der Waals surface area contributed by atoms with Crippen LogP contribution in [-0.4, -0.2) is 88.6 Å². The van der Waals surface area contributed by atoms with Crippen LogP contribution in [0.15, 0.2) is 18.2 Å². The van der Waals surface area contributed by atoms with Crippen LogP contribution in [0, 0.1) is 17.8 Å². The van der Waals surface area contributed by atoms with Crippen LogP contribution < -0.4 is 10.1 Å². The summed E-state index contributed by atoms with van der Waals surface area (Å²) in [5, 5.41) is 2.30. The highest BCUT2D eigenvalue weighted by atomic mass is 19.3. The molecule has 2 saturated carbocycles. The van der Waals surface area contributed by atoms with Gasteiger partial charge in [0, 0.05) is 57.5 Å². The Morgan fingerprint density at radius 3 is 2.49 bits per heavy atom. The Balaban J connectivity index is 0.972. The number of rotatable bonds is 7. The van der Waals surface area contributed by atoms with E-state index in [9.17, 15) is 19.2 Å². The van der Waals surface area contributed by atoms with Crippen LogP contribution in [0.25, 0.3) is 0 Å². The molecule has 232 valence electrons. The first-order valence-corrected chi connectivity index (χ1v) is 16.0. The standard InChI is InChI=1S/C32H40F2N4O5/c33-32(34)11-1-2-26(29(32)37-16-22(17-37)20-9-12-36(13-10-20)28(40)14-19-3-4-19)43-23-5-6-24-21(15-23)18-38(31(24)42)25-7-8-27(39)35-30(25)41/h5-6,15,19-20,22,25-26,29H,1-4,7-14,16-18H2,(H,35,39,41)/t25?,26-,29+/m0/s1. The summed E-state index contributed by atoms with van der Waals surface area (Å²) >= 11 is 0. The smallest absolute Gasteiger partial charge is 0.266 e. The molecule has 0 bridgehead atoms. The number of alkyl halides is 2. The Bertz CT molecular complexity index is 1300. The number of piperidine rings is 2. The molecular weight excluding hydrogens is 558 g/mol. The van der Waals surface area contributed by atoms with Gasteiger partial charge in [-0.25, -0.2) is 8.78 Å². The Morgan fingerprint density at radius 1 is 1.00 bits per heavy atom. The Labute approximate surface area is 250 Å². The van der Waals surface area contributed by atoms with Gasteiger partial charge in [0.1, 0.15) is 23.9 Å². The van der Waals surface area contributed by atoms with Crippen molar-refractivity contribution in [3.05, 3.63) is 29.3 Å². The van der Waals surface area contributed by atoms with Gasteiger partial charge in [0.05, 0.1) is 0 Å². The molecule has 2 aliphatic carbocycles. The third-order valence-electron chi connectivity index (χ3n) is 10.6. The predicted molar refractivity (Wildman–Crippen MR) is 151 cm³/mol. The molecule has 0 aromatic heterocycles. The maximum Gasteiger partial charge on any atom is 0.266 e. The molecule has 3 saturated heterocycles. The number of carbonyl (C=O) groups excluding carboxylic acids is 4. The molecule has 9 nitrogen and oxygen atoms in total. The van der Waals surface area contributed by atoms with Crippen LogP contribution in [0.4, 0.5) is 8.78 Å². The number of hydrogen-bond donors (Lipinski definition) is 1. The first kappa shape index (κ1) is 28.7. The number of halogens is 2. The van der Waals surface area contributed by atoms with Crippen molar-refractivity contribution in [2.24, 2.45) is 17.8 Å². The number of nitrogens with one attached hydrogen (secondary N) is 1. The molecule has 3 atom stereocenters. The molecule has 1 aromatic carbocycles. The molecular formula is C32H40F2N4O5. The number of imide groups is 1. The minimum Gasteiger partial charge on any atom is -0.489 e. The van der Waals surface area contributed by atoms with Crippen LogP contribution in [0.1, 0.15) is 80.1 Å². The van der Waals surface area contributed by atoms with E-state index in [4.69, 9.17) is 4.74 Å². The van der Waals surface area contributed by atoms with Crippen LogP contribution in [0.5, 0.6) is 5.75 Å². The maximum atomic E-state index is 15.4. The molecule has 6 aliphatic rings. The third kappa shape index (κ3) is 5.65. The summed E-state index contributed by atoms with van der Waals surface area (Å²) in [6, 6.07) is 3.33. The van der Waals surface area contributed by atoms with Crippen molar-refractivity contribution in [2.45, 2.75) is 94.9 Å². The van der Waals surface area contributed by atoms with Gasteiger partial charge in [-0.05, 0) is 86.5 Å². The van der Waals surface area contributed by atoms with Crippen molar-refractivity contribution in [3.8, 4) is 5.75 Å². The van der Waals surface area contributed by atoms with Crippen molar-refractivity contribution in [1.29, 1.82) is 0 Å². The number of amides is 4. The number of likely N-dealkylation sites (tertiary alicyclic amines) is 2. The van der Waals surface area contributed by atoms with E-state index >= 15 is 8.78 Å². The van der Waals surface area contributed by atoms with Gasteiger partial charge in [-0.15, -0.1) is 0 Å². The van der Waals surface area contributed by atoms with Crippen molar-refractivity contribution >= 4 is 23.6 Å². The summed E-state index contributed by atoms with van der Waals surface area (Å²) in [6.45, 7) is 3.02. The fraction of sp³-hybridized carbons (Fsp3) is 0.688. The van der Waals surface area contributed by atoms with Gasteiger partial charge in [-0.1, -0.05) is 0 Å². The van der Waals surface area contributed by atoms with E-state index in [-0.39, 0.29) is 43.5 Å². The van der Waals surface area contributed by atoms with E-state index in [2.05, 4.69) is 5.32 Å². The lowest BCUT2D eigenvalue weighted by molar-refractivity contribution is -0.172. The Hall–Kier alpha value is -3.08. The highest BCUT2D eigenvalue weighted by Crippen LogP contribution is 2.44. The van der Waals surface area contributed by atoms with Gasteiger partial charge in [0.15, 0.2) is 0 Å². The summed E-state index contributed by atoms with van der Waals surface area (Å²) in [7, 11) is 0. The van der Waals surface area contributed by atoms with E-state index in [0.29, 0.717) is 67.0 Å². The van der Waals surface area contributed by atoms with Gasteiger partial charge in [-0.3, -0.25) is 29.4 Å². The lowest BCUT2D eigenvalue weighted by atomic mass is 9.76. The SMILES string of the molecule is O=C1CCC(N2Cc3cc(O[C@H]4CCCC(F)(F)[C@@H]4N4CC(C5CCN(C(=O)CC6CC6)CC5)C4)ccc3C2=O)C(=O)N1. The number of ether oxygens (including phenoxy) is 1. The van der Waals surface area contributed by atoms with Crippen LogP contribution in [0.2, 0.25) is 0 Å². The normalized spacial score (nSPS) is 30.2. The molecule has 0 spiro atoms. The van der Waals surface area contributed by atoms with Gasteiger partial charge < -0.3 is 14.5 Å². The molecule has 4 heterocycles. The van der Waals surface area contributed by atoms with E-state index in [1.54, 1.807) is 18.2 Å². The van der Waals surface area contributed by atoms with Crippen LogP contribution in [-0.2, 0) is 20.9 Å². The zero-order chi connectivity index (χ0) is 29.9. The highest BCUT2D eigenvalue weighted by Gasteiger charge is 2.54. The molecule has 5 fully saturated rings. The van der Waals surface area contributed by atoms with Gasteiger partial charge in [-0.2, -0.15) is 0 Å². The zero-order valence-corrected chi connectivity index (χ0v) is 24.4. The van der Waals surface area contributed by atoms with E-state index in [0.717, 1.165) is 25.9 Å². The third-order valence-corrected chi connectivity index (χ3v) is 10.6. The highest BCUT2D eigenvalue weighted by molar-refractivity contribution is 6.05. The molecule has 0 radical (unpaired) electrons. The maximum absolute atomic E-state index is 15.4. The molecule has 7 rings (SSSR count). The zero-order valence-electron chi connectivity index (χ0n) is 24.4. The molecule has 4 amide bonds. The number of carbonyl (C=O) groups is 4. The molecule has 43 heavy (non-hydrogen) atoms. The fourth-order valence-electron chi connectivity index (χ4n) is 7.93. The topological polar surface area (TPSA) is 99.3 Å². The van der Waals surface area contributed by atoms with E-state index in [1.807, 2.05) is 9.80 Å². The lowest BCUT2D eigenvalue weighted by Gasteiger charge is -2.53. The molecule has 1 N–H and O–H groups in total. The average Bonchev–Trinajstić information content (AvgIpc) is 3.70. The number of benzene rings is 1. The minimum atomic E-state index is -2.86. The summed E-state index contributed by atoms with van der Waals surface area (Å²) < 4.78 is 37.1. The van der Waals surface area contributed by atoms with E-state index in [1.165, 1.54) is 17.7 Å². The Morgan fingerprint density at radius 2 is 1.77 bits per heavy atom. The second-order valence-electron chi connectivity index (χ2n) is 13.6. The van der Waals surface area contributed by atoms with E-state index < -0.39 is 30.0 Å². The Kier molecular flexibility index (Phi) is 7.42. The van der Waals surface area contributed by atoms with Gasteiger partial charge in [0.25, 0.3) is 11.8 Å². The molecule has 4 aliphatic heterocycles. The molecule has 1 aromatic rings. The van der Waals surface area contributed by atoms with Crippen molar-refractivity contribution in [3.63, 3.8) is 0 Å². The number of nitrogens with zero attached hydrogens (tertiary/aromatic N) is 3. The molecule has 11 heteroatoms. The molecule has 1 unspecified atom stereocenters. The number of fused-ring (bicyclic) bond motifs is 1. The van der Waals surface area contributed by atoms with Crippen molar-refractivity contribution in [1.82, 2.24) is 20.0 Å². The van der Waals surface area contributed by atoms with Gasteiger partial charge in [0.2, 0.25) is 17.7 Å².